The maximum absolute atomic E-state index is 11.4. The first-order valence-corrected chi connectivity index (χ1v) is 6.01. The number of hydrogen-bond donors (Lipinski definition) is 1. The fourth-order valence-corrected chi connectivity index (χ4v) is 1.98. The third-order valence-electron chi connectivity index (χ3n) is 2.96. The smallest absolute Gasteiger partial charge is 0.243 e. The number of carbonyl (C=O) groups excluding carboxylic acids is 1. The van der Waals surface area contributed by atoms with E-state index < -0.39 is 0 Å². The molecule has 0 bridgehead atoms. The first-order valence-electron chi connectivity index (χ1n) is 6.01. The van der Waals surface area contributed by atoms with Crippen LogP contribution in [0.2, 0.25) is 0 Å². The van der Waals surface area contributed by atoms with E-state index >= 15 is 0 Å². The molecule has 98 valence electrons. The van der Waals surface area contributed by atoms with Gasteiger partial charge in [0.05, 0.1) is 18.8 Å². The van der Waals surface area contributed by atoms with Gasteiger partial charge in [-0.15, -0.1) is 0 Å². The molecule has 0 radical (unpaired) electrons. The van der Waals surface area contributed by atoms with Gasteiger partial charge in [-0.3, -0.25) is 9.78 Å². The minimum atomic E-state index is -0.214. The third kappa shape index (κ3) is 2.73. The van der Waals surface area contributed by atoms with Gasteiger partial charge in [-0.2, -0.15) is 0 Å². The molecule has 0 fully saturated rings. The monoisotopic (exact) mass is 256 g/mol. The zero-order valence-corrected chi connectivity index (χ0v) is 11.0. The van der Waals surface area contributed by atoms with Gasteiger partial charge in [0.2, 0.25) is 5.91 Å². The third-order valence-corrected chi connectivity index (χ3v) is 2.96. The molecule has 0 saturated carbocycles. The summed E-state index contributed by atoms with van der Waals surface area (Å²) in [7, 11) is 1.63. The summed E-state index contributed by atoms with van der Waals surface area (Å²) in [4.78, 5) is 15.7. The number of amides is 1. The summed E-state index contributed by atoms with van der Waals surface area (Å²) in [5, 5.41) is 4.85. The average molecular weight is 256 g/mol. The molecule has 1 amide bonds. The second-order valence-electron chi connectivity index (χ2n) is 4.22. The summed E-state index contributed by atoms with van der Waals surface area (Å²) in [5.74, 6) is 0.554. The molecule has 0 spiro atoms. The first kappa shape index (κ1) is 13.1. The van der Waals surface area contributed by atoms with Gasteiger partial charge in [-0.1, -0.05) is 12.6 Å². The van der Waals surface area contributed by atoms with Crippen LogP contribution in [0.5, 0.6) is 5.75 Å². The summed E-state index contributed by atoms with van der Waals surface area (Å²) >= 11 is 0. The molecule has 1 atom stereocenters. The van der Waals surface area contributed by atoms with Gasteiger partial charge < -0.3 is 10.1 Å². The molecule has 1 unspecified atom stereocenters. The summed E-state index contributed by atoms with van der Waals surface area (Å²) in [6, 6.07) is 7.54. The highest BCUT2D eigenvalue weighted by Gasteiger charge is 2.12. The van der Waals surface area contributed by atoms with Crippen LogP contribution in [0.1, 0.15) is 18.7 Å². The number of ether oxygens (including phenoxy) is 1. The van der Waals surface area contributed by atoms with Crippen LogP contribution in [0.25, 0.3) is 10.8 Å². The maximum Gasteiger partial charge on any atom is 0.243 e. The van der Waals surface area contributed by atoms with E-state index in [9.17, 15) is 4.79 Å². The van der Waals surface area contributed by atoms with E-state index in [0.717, 1.165) is 22.2 Å². The summed E-state index contributed by atoms with van der Waals surface area (Å²) < 4.78 is 5.23. The minimum Gasteiger partial charge on any atom is -0.497 e. The highest BCUT2D eigenvalue weighted by Crippen LogP contribution is 2.26. The Morgan fingerprint density at radius 2 is 2.26 bits per heavy atom. The summed E-state index contributed by atoms with van der Waals surface area (Å²) in [6.45, 7) is 5.34. The number of hydrogen-bond acceptors (Lipinski definition) is 3. The Balaban J connectivity index is 2.46. The maximum atomic E-state index is 11.4. The molecule has 0 aliphatic rings. The molecule has 19 heavy (non-hydrogen) atoms. The fourth-order valence-electron chi connectivity index (χ4n) is 1.98. The SMILES string of the molecule is C=CC(=O)NC(C)c1nccc2ccc(OC)cc12. The van der Waals surface area contributed by atoms with Gasteiger partial charge >= 0.3 is 0 Å². The van der Waals surface area contributed by atoms with E-state index in [4.69, 9.17) is 4.74 Å². The summed E-state index contributed by atoms with van der Waals surface area (Å²) in [6.07, 6.45) is 2.99. The van der Waals surface area contributed by atoms with Crippen LogP contribution in [0.4, 0.5) is 0 Å². The van der Waals surface area contributed by atoms with Crippen molar-refractivity contribution < 1.29 is 9.53 Å². The van der Waals surface area contributed by atoms with Gasteiger partial charge in [-0.05, 0) is 36.6 Å². The lowest BCUT2D eigenvalue weighted by Crippen LogP contribution is -2.25. The highest BCUT2D eigenvalue weighted by atomic mass is 16.5. The highest BCUT2D eigenvalue weighted by molar-refractivity contribution is 5.89. The molecule has 0 aliphatic heterocycles. The van der Waals surface area contributed by atoms with Gasteiger partial charge in [0.15, 0.2) is 0 Å². The van der Waals surface area contributed by atoms with E-state index in [1.54, 1.807) is 13.3 Å². The molecular weight excluding hydrogens is 240 g/mol. The number of nitrogens with zero attached hydrogens (tertiary/aromatic N) is 1. The normalized spacial score (nSPS) is 11.9. The molecule has 0 aliphatic carbocycles. The lowest BCUT2D eigenvalue weighted by molar-refractivity contribution is -0.117. The lowest BCUT2D eigenvalue weighted by atomic mass is 10.1. The Morgan fingerprint density at radius 3 is 2.95 bits per heavy atom. The number of rotatable bonds is 4. The quantitative estimate of drug-likeness (QED) is 0.855. The number of methoxy groups -OCH3 is 1. The number of nitrogens with one attached hydrogen (secondary N) is 1. The predicted octanol–water partition coefficient (Wildman–Crippen LogP) is 2.61. The molecule has 1 aromatic heterocycles. The van der Waals surface area contributed by atoms with Crippen LogP contribution in [-0.2, 0) is 4.79 Å². The van der Waals surface area contributed by atoms with Crippen molar-refractivity contribution in [1.82, 2.24) is 10.3 Å². The number of aromatic nitrogens is 1. The first-order chi connectivity index (χ1) is 9.15. The Morgan fingerprint density at radius 1 is 1.47 bits per heavy atom. The molecule has 2 rings (SSSR count). The van der Waals surface area contributed by atoms with Crippen LogP contribution < -0.4 is 10.1 Å². The van der Waals surface area contributed by atoms with Crippen molar-refractivity contribution in [2.45, 2.75) is 13.0 Å². The van der Waals surface area contributed by atoms with Crippen LogP contribution in [0.15, 0.2) is 43.1 Å². The molecule has 1 heterocycles. The van der Waals surface area contributed by atoms with Crippen molar-refractivity contribution >= 4 is 16.7 Å². The van der Waals surface area contributed by atoms with Gasteiger partial charge in [0, 0.05) is 11.6 Å². The molecule has 4 nitrogen and oxygen atoms in total. The number of fused-ring (bicyclic) bond motifs is 1. The number of benzene rings is 1. The van der Waals surface area contributed by atoms with E-state index in [2.05, 4.69) is 16.9 Å². The number of pyridine rings is 1. The van der Waals surface area contributed by atoms with Crippen LogP contribution in [-0.4, -0.2) is 18.0 Å². The fraction of sp³-hybridized carbons (Fsp3) is 0.200. The second-order valence-corrected chi connectivity index (χ2v) is 4.22. The van der Waals surface area contributed by atoms with Crippen LogP contribution in [0, 0.1) is 0 Å². The van der Waals surface area contributed by atoms with E-state index in [1.807, 2.05) is 31.2 Å². The van der Waals surface area contributed by atoms with Gasteiger partial charge in [0.1, 0.15) is 5.75 Å². The predicted molar refractivity (Wildman–Crippen MR) is 75.0 cm³/mol. The van der Waals surface area contributed by atoms with Crippen molar-refractivity contribution in [1.29, 1.82) is 0 Å². The average Bonchev–Trinajstić information content (AvgIpc) is 2.45. The van der Waals surface area contributed by atoms with Crippen LogP contribution >= 0.6 is 0 Å². The Hall–Kier alpha value is -2.36. The molecule has 1 N–H and O–H groups in total. The molecule has 4 heteroatoms. The van der Waals surface area contributed by atoms with Crippen molar-refractivity contribution in [3.63, 3.8) is 0 Å². The minimum absolute atomic E-state index is 0.193. The number of carbonyl (C=O) groups is 1. The van der Waals surface area contributed by atoms with Crippen molar-refractivity contribution in [3.05, 3.63) is 48.8 Å². The van der Waals surface area contributed by atoms with Gasteiger partial charge in [0.25, 0.3) is 0 Å². The second kappa shape index (κ2) is 5.52. The van der Waals surface area contributed by atoms with E-state index in [-0.39, 0.29) is 11.9 Å². The Kier molecular flexibility index (Phi) is 3.80. The Labute approximate surface area is 112 Å². The molecule has 2 aromatic rings. The largest absolute Gasteiger partial charge is 0.497 e. The van der Waals surface area contributed by atoms with E-state index in [1.165, 1.54) is 6.08 Å². The molecule has 1 aromatic carbocycles. The van der Waals surface area contributed by atoms with Crippen molar-refractivity contribution in [3.8, 4) is 5.75 Å². The van der Waals surface area contributed by atoms with Gasteiger partial charge in [-0.25, -0.2) is 0 Å². The van der Waals surface area contributed by atoms with Crippen molar-refractivity contribution in [2.24, 2.45) is 0 Å². The lowest BCUT2D eigenvalue weighted by Gasteiger charge is -2.14. The topological polar surface area (TPSA) is 51.2 Å². The van der Waals surface area contributed by atoms with Crippen molar-refractivity contribution in [2.75, 3.05) is 7.11 Å². The van der Waals surface area contributed by atoms with Crippen LogP contribution in [0.3, 0.4) is 0 Å². The standard InChI is InChI=1S/C15H16N2O2/c1-4-14(18)17-10(2)15-13-9-12(19-3)6-5-11(13)7-8-16-15/h4-10H,1H2,2-3H3,(H,17,18). The molecular formula is C15H16N2O2. The zero-order valence-electron chi connectivity index (χ0n) is 11.0. The summed E-state index contributed by atoms with van der Waals surface area (Å²) in [5.41, 5.74) is 0.812. The van der Waals surface area contributed by atoms with E-state index in [0.29, 0.717) is 0 Å². The Bertz CT molecular complexity index is 623. The zero-order chi connectivity index (χ0) is 13.8. The molecule has 0 saturated heterocycles.